The first kappa shape index (κ1) is 13.6. The molecule has 0 radical (unpaired) electrons. The highest BCUT2D eigenvalue weighted by atomic mass is 16.2. The van der Waals surface area contributed by atoms with Crippen molar-refractivity contribution < 1.29 is 4.79 Å². The van der Waals surface area contributed by atoms with Crippen LogP contribution < -0.4 is 10.6 Å². The summed E-state index contributed by atoms with van der Waals surface area (Å²) in [5, 5.41) is 0. The molecule has 1 heterocycles. The van der Waals surface area contributed by atoms with E-state index in [-0.39, 0.29) is 12.0 Å². The molecule has 2 atom stereocenters. The van der Waals surface area contributed by atoms with E-state index < -0.39 is 0 Å². The molecule has 3 nitrogen and oxygen atoms in total. The van der Waals surface area contributed by atoms with Gasteiger partial charge in [0, 0.05) is 24.2 Å². The summed E-state index contributed by atoms with van der Waals surface area (Å²) in [6, 6.07) is 6.57. The Morgan fingerprint density at radius 1 is 1.30 bits per heavy atom. The van der Waals surface area contributed by atoms with E-state index in [0.717, 1.165) is 45.1 Å². The molecule has 0 bridgehead atoms. The van der Waals surface area contributed by atoms with Gasteiger partial charge < -0.3 is 10.6 Å². The van der Waals surface area contributed by atoms with Gasteiger partial charge in [0.05, 0.1) is 0 Å². The molecule has 1 aliphatic carbocycles. The molecule has 0 spiro atoms. The lowest BCUT2D eigenvalue weighted by molar-refractivity contribution is -0.123. The van der Waals surface area contributed by atoms with Crippen molar-refractivity contribution in [2.45, 2.75) is 51.5 Å². The maximum atomic E-state index is 12.9. The zero-order chi connectivity index (χ0) is 14.1. The first-order valence-electron chi connectivity index (χ1n) is 7.82. The van der Waals surface area contributed by atoms with Crippen molar-refractivity contribution in [3.8, 4) is 0 Å². The lowest BCUT2D eigenvalue weighted by Crippen LogP contribution is -2.43. The van der Waals surface area contributed by atoms with Crippen molar-refractivity contribution in [2.75, 3.05) is 11.4 Å². The van der Waals surface area contributed by atoms with Gasteiger partial charge in [-0.2, -0.15) is 0 Å². The van der Waals surface area contributed by atoms with E-state index in [4.69, 9.17) is 5.73 Å². The van der Waals surface area contributed by atoms with Crippen molar-refractivity contribution in [1.29, 1.82) is 0 Å². The Kier molecular flexibility index (Phi) is 3.79. The number of nitrogens with zero attached hydrogens (tertiary/aromatic N) is 1. The molecule has 1 fully saturated rings. The monoisotopic (exact) mass is 272 g/mol. The summed E-state index contributed by atoms with van der Waals surface area (Å²) in [5.41, 5.74) is 9.76. The quantitative estimate of drug-likeness (QED) is 0.854. The number of benzene rings is 1. The van der Waals surface area contributed by atoms with Gasteiger partial charge in [-0.25, -0.2) is 0 Å². The highest BCUT2D eigenvalue weighted by molar-refractivity contribution is 5.97. The molecule has 108 valence electrons. The number of fused-ring (bicyclic) bond motifs is 1. The number of carbonyl (C=O) groups excluding carboxylic acids is 1. The second kappa shape index (κ2) is 5.57. The van der Waals surface area contributed by atoms with Crippen LogP contribution in [0.4, 0.5) is 5.69 Å². The summed E-state index contributed by atoms with van der Waals surface area (Å²) in [6.07, 6.45) is 6.18. The Bertz CT molecular complexity index is 512. The fourth-order valence-electron chi connectivity index (χ4n) is 3.74. The molecule has 3 heteroatoms. The van der Waals surface area contributed by atoms with Gasteiger partial charge in [0.1, 0.15) is 0 Å². The SMILES string of the molecule is Cc1cccc2c1N(C(=O)C1CCCC(N)C1)CCC2. The van der Waals surface area contributed by atoms with Crippen molar-refractivity contribution >= 4 is 11.6 Å². The molecule has 2 aliphatic rings. The zero-order valence-corrected chi connectivity index (χ0v) is 12.3. The largest absolute Gasteiger partial charge is 0.328 e. The average Bonchev–Trinajstić information content (AvgIpc) is 2.46. The molecule has 2 unspecified atom stereocenters. The van der Waals surface area contributed by atoms with E-state index in [1.165, 1.54) is 16.8 Å². The third-order valence-corrected chi connectivity index (χ3v) is 4.75. The van der Waals surface area contributed by atoms with Crippen LogP contribution in [0.2, 0.25) is 0 Å². The maximum absolute atomic E-state index is 12.9. The summed E-state index contributed by atoms with van der Waals surface area (Å²) >= 11 is 0. The van der Waals surface area contributed by atoms with Gasteiger partial charge in [-0.15, -0.1) is 0 Å². The second-order valence-electron chi connectivity index (χ2n) is 6.30. The number of anilines is 1. The lowest BCUT2D eigenvalue weighted by Gasteiger charge is -2.35. The van der Waals surface area contributed by atoms with Crippen molar-refractivity contribution in [3.05, 3.63) is 29.3 Å². The number of carbonyl (C=O) groups is 1. The summed E-state index contributed by atoms with van der Waals surface area (Å²) in [4.78, 5) is 14.9. The standard InChI is InChI=1S/C17H24N2O/c1-12-5-2-6-13-8-4-10-19(16(12)13)17(20)14-7-3-9-15(18)11-14/h2,5-6,14-15H,3-4,7-11,18H2,1H3. The number of rotatable bonds is 1. The van der Waals surface area contributed by atoms with Gasteiger partial charge in [0.15, 0.2) is 0 Å². The van der Waals surface area contributed by atoms with Crippen LogP contribution in [-0.4, -0.2) is 18.5 Å². The molecule has 1 aliphatic heterocycles. The smallest absolute Gasteiger partial charge is 0.230 e. The van der Waals surface area contributed by atoms with Gasteiger partial charge in [-0.05, 0) is 50.2 Å². The van der Waals surface area contributed by atoms with E-state index in [9.17, 15) is 4.79 Å². The number of para-hydroxylation sites is 1. The van der Waals surface area contributed by atoms with Crippen LogP contribution in [0.25, 0.3) is 0 Å². The highest BCUT2D eigenvalue weighted by Crippen LogP contribution is 2.34. The van der Waals surface area contributed by atoms with Crippen LogP contribution in [0.3, 0.4) is 0 Å². The third-order valence-electron chi connectivity index (χ3n) is 4.75. The van der Waals surface area contributed by atoms with E-state index in [2.05, 4.69) is 25.1 Å². The molecular weight excluding hydrogens is 248 g/mol. The maximum Gasteiger partial charge on any atom is 0.230 e. The molecule has 1 amide bonds. The Morgan fingerprint density at radius 3 is 2.95 bits per heavy atom. The summed E-state index contributed by atoms with van der Waals surface area (Å²) in [5.74, 6) is 0.430. The number of hydrogen-bond acceptors (Lipinski definition) is 2. The van der Waals surface area contributed by atoms with E-state index in [0.29, 0.717) is 5.91 Å². The first-order valence-corrected chi connectivity index (χ1v) is 7.82. The minimum Gasteiger partial charge on any atom is -0.328 e. The molecular formula is C17H24N2O. The van der Waals surface area contributed by atoms with Crippen LogP contribution in [0.15, 0.2) is 18.2 Å². The van der Waals surface area contributed by atoms with Gasteiger partial charge in [0.2, 0.25) is 5.91 Å². The van der Waals surface area contributed by atoms with Crippen LogP contribution in [-0.2, 0) is 11.2 Å². The molecule has 0 saturated heterocycles. The number of nitrogens with two attached hydrogens (primary N) is 1. The van der Waals surface area contributed by atoms with Crippen LogP contribution in [0, 0.1) is 12.8 Å². The molecule has 1 aromatic carbocycles. The highest BCUT2D eigenvalue weighted by Gasteiger charge is 2.32. The normalized spacial score (nSPS) is 26.2. The summed E-state index contributed by atoms with van der Waals surface area (Å²) in [7, 11) is 0. The van der Waals surface area contributed by atoms with Crippen LogP contribution in [0.1, 0.15) is 43.2 Å². The van der Waals surface area contributed by atoms with Crippen molar-refractivity contribution in [3.63, 3.8) is 0 Å². The average molecular weight is 272 g/mol. The first-order chi connectivity index (χ1) is 9.66. The van der Waals surface area contributed by atoms with E-state index in [1.807, 2.05) is 4.90 Å². The van der Waals surface area contributed by atoms with Crippen molar-refractivity contribution in [1.82, 2.24) is 0 Å². The van der Waals surface area contributed by atoms with Gasteiger partial charge >= 0.3 is 0 Å². The topological polar surface area (TPSA) is 46.3 Å². The second-order valence-corrected chi connectivity index (χ2v) is 6.30. The van der Waals surface area contributed by atoms with E-state index >= 15 is 0 Å². The molecule has 3 rings (SSSR count). The minimum absolute atomic E-state index is 0.129. The number of aryl methyl sites for hydroxylation is 2. The molecule has 2 N–H and O–H groups in total. The Balaban J connectivity index is 1.86. The molecule has 20 heavy (non-hydrogen) atoms. The van der Waals surface area contributed by atoms with Crippen molar-refractivity contribution in [2.24, 2.45) is 11.7 Å². The zero-order valence-electron chi connectivity index (χ0n) is 12.3. The Hall–Kier alpha value is -1.35. The Labute approximate surface area is 121 Å². The number of hydrogen-bond donors (Lipinski definition) is 1. The fourth-order valence-corrected chi connectivity index (χ4v) is 3.74. The lowest BCUT2D eigenvalue weighted by atomic mass is 9.84. The molecule has 1 aromatic rings. The van der Waals surface area contributed by atoms with Crippen LogP contribution in [0.5, 0.6) is 0 Å². The minimum atomic E-state index is 0.129. The Morgan fingerprint density at radius 2 is 2.15 bits per heavy atom. The van der Waals surface area contributed by atoms with Gasteiger partial charge in [-0.1, -0.05) is 24.6 Å². The molecule has 1 saturated carbocycles. The summed E-state index contributed by atoms with van der Waals surface area (Å²) in [6.45, 7) is 2.97. The van der Waals surface area contributed by atoms with Gasteiger partial charge in [-0.3, -0.25) is 4.79 Å². The summed E-state index contributed by atoms with van der Waals surface area (Å²) < 4.78 is 0. The van der Waals surface area contributed by atoms with E-state index in [1.54, 1.807) is 0 Å². The van der Waals surface area contributed by atoms with Crippen LogP contribution >= 0.6 is 0 Å². The predicted molar refractivity (Wildman–Crippen MR) is 81.8 cm³/mol. The number of amides is 1. The fraction of sp³-hybridized carbons (Fsp3) is 0.588. The predicted octanol–water partition coefficient (Wildman–Crippen LogP) is 2.79. The third kappa shape index (κ3) is 2.47. The molecule has 0 aromatic heterocycles. The van der Waals surface area contributed by atoms with Gasteiger partial charge in [0.25, 0.3) is 0 Å².